The molecule has 0 radical (unpaired) electrons. The van der Waals surface area contributed by atoms with Gasteiger partial charge in [0.15, 0.2) is 0 Å². The summed E-state index contributed by atoms with van der Waals surface area (Å²) in [6, 6.07) is 11.8. The van der Waals surface area contributed by atoms with Gasteiger partial charge in [-0.1, -0.05) is 30.3 Å². The topological polar surface area (TPSA) is 34.0 Å². The van der Waals surface area contributed by atoms with Gasteiger partial charge in [-0.05, 0) is 41.4 Å². The highest BCUT2D eigenvalue weighted by Crippen LogP contribution is 2.17. The lowest BCUT2D eigenvalue weighted by atomic mass is 10.1. The minimum Gasteiger partial charge on any atom is -0.344 e. The average molecular weight is 321 g/mol. The van der Waals surface area contributed by atoms with Crippen molar-refractivity contribution in [3.8, 4) is 0 Å². The zero-order chi connectivity index (χ0) is 13.8. The van der Waals surface area contributed by atoms with Crippen LogP contribution in [0.15, 0.2) is 47.1 Å². The summed E-state index contributed by atoms with van der Waals surface area (Å²) >= 11 is 3.40. The van der Waals surface area contributed by atoms with Crippen LogP contribution in [0.4, 0.5) is 0 Å². The van der Waals surface area contributed by atoms with E-state index in [0.717, 1.165) is 16.6 Å². The summed E-state index contributed by atoms with van der Waals surface area (Å²) in [5.41, 5.74) is 1.78. The Bertz CT molecular complexity index is 563. The molecule has 0 bridgehead atoms. The lowest BCUT2D eigenvalue weighted by molar-refractivity contribution is 0.0930. The van der Waals surface area contributed by atoms with Crippen LogP contribution in [0.3, 0.4) is 0 Å². The van der Waals surface area contributed by atoms with Gasteiger partial charge in [0.2, 0.25) is 0 Å². The second kappa shape index (κ2) is 6.06. The number of carbonyl (C=O) groups is 1. The third-order valence-corrected chi connectivity index (χ3v) is 3.52. The van der Waals surface area contributed by atoms with Gasteiger partial charge in [0.25, 0.3) is 5.91 Å². The van der Waals surface area contributed by atoms with Crippen LogP contribution in [0.2, 0.25) is 0 Å². The summed E-state index contributed by atoms with van der Waals surface area (Å²) in [5.74, 6) is -0.0519. The Kier molecular flexibility index (Phi) is 4.43. The molecule has 3 nitrogen and oxygen atoms in total. The molecule has 19 heavy (non-hydrogen) atoms. The van der Waals surface area contributed by atoms with Gasteiger partial charge in [0.1, 0.15) is 5.69 Å². The summed E-state index contributed by atoms with van der Waals surface area (Å²) < 4.78 is 2.85. The van der Waals surface area contributed by atoms with Gasteiger partial charge < -0.3 is 9.88 Å². The molecule has 0 spiro atoms. The standard InChI is InChI=1S/C15H17BrN2O/c1-3-18-10-13(16)9-14(18)15(19)17-11(2)12-7-5-4-6-8-12/h4-11H,3H2,1-2H3,(H,17,19)/t11-/m0/s1. The number of nitrogens with zero attached hydrogens (tertiary/aromatic N) is 1. The Morgan fingerprint density at radius 3 is 2.68 bits per heavy atom. The quantitative estimate of drug-likeness (QED) is 0.914. The third kappa shape index (κ3) is 3.26. The summed E-state index contributed by atoms with van der Waals surface area (Å²) in [5, 5.41) is 3.02. The molecule has 0 aliphatic heterocycles. The van der Waals surface area contributed by atoms with E-state index >= 15 is 0 Å². The maximum absolute atomic E-state index is 12.3. The van der Waals surface area contributed by atoms with E-state index in [4.69, 9.17) is 0 Å². The predicted octanol–water partition coefficient (Wildman–Crippen LogP) is 3.76. The van der Waals surface area contributed by atoms with E-state index in [2.05, 4.69) is 21.2 Å². The Morgan fingerprint density at radius 2 is 2.05 bits per heavy atom. The molecule has 1 atom stereocenters. The van der Waals surface area contributed by atoms with Crippen molar-refractivity contribution in [3.63, 3.8) is 0 Å². The molecule has 100 valence electrons. The fourth-order valence-electron chi connectivity index (χ4n) is 2.02. The molecule has 0 unspecified atom stereocenters. The number of benzene rings is 1. The third-order valence-electron chi connectivity index (χ3n) is 3.08. The number of halogens is 1. The van der Waals surface area contributed by atoms with Crippen LogP contribution in [-0.2, 0) is 6.54 Å². The van der Waals surface area contributed by atoms with Crippen molar-refractivity contribution in [2.75, 3.05) is 0 Å². The lowest BCUT2D eigenvalue weighted by Gasteiger charge is -2.15. The van der Waals surface area contributed by atoms with Crippen molar-refractivity contribution in [1.29, 1.82) is 0 Å². The zero-order valence-corrected chi connectivity index (χ0v) is 12.6. The molecule has 1 amide bonds. The predicted molar refractivity (Wildman–Crippen MR) is 80.1 cm³/mol. The number of carbonyl (C=O) groups excluding carboxylic acids is 1. The monoisotopic (exact) mass is 320 g/mol. The minimum atomic E-state index is -0.0519. The van der Waals surface area contributed by atoms with Crippen molar-refractivity contribution >= 4 is 21.8 Å². The number of rotatable bonds is 4. The number of nitrogens with one attached hydrogen (secondary N) is 1. The molecule has 4 heteroatoms. The van der Waals surface area contributed by atoms with E-state index in [9.17, 15) is 4.79 Å². The fourth-order valence-corrected chi connectivity index (χ4v) is 2.49. The first-order valence-electron chi connectivity index (χ1n) is 6.33. The Balaban J connectivity index is 2.13. The molecule has 1 aromatic heterocycles. The van der Waals surface area contributed by atoms with Gasteiger partial charge in [-0.25, -0.2) is 0 Å². The van der Waals surface area contributed by atoms with Gasteiger partial charge in [-0.15, -0.1) is 0 Å². The van der Waals surface area contributed by atoms with E-state index in [1.165, 1.54) is 0 Å². The van der Waals surface area contributed by atoms with Crippen molar-refractivity contribution < 1.29 is 4.79 Å². The van der Waals surface area contributed by atoms with E-state index in [0.29, 0.717) is 5.69 Å². The normalized spacial score (nSPS) is 12.2. The van der Waals surface area contributed by atoms with Crippen LogP contribution in [0.5, 0.6) is 0 Å². The molecule has 0 saturated heterocycles. The molecule has 2 aromatic rings. The first kappa shape index (κ1) is 13.9. The highest BCUT2D eigenvalue weighted by Gasteiger charge is 2.15. The van der Waals surface area contributed by atoms with E-state index < -0.39 is 0 Å². The Hall–Kier alpha value is -1.55. The number of hydrogen-bond acceptors (Lipinski definition) is 1. The summed E-state index contributed by atoms with van der Waals surface area (Å²) in [4.78, 5) is 12.3. The van der Waals surface area contributed by atoms with Crippen LogP contribution < -0.4 is 5.32 Å². The lowest BCUT2D eigenvalue weighted by Crippen LogP contribution is -2.28. The molecule has 0 aliphatic rings. The molecule has 1 aromatic carbocycles. The highest BCUT2D eigenvalue weighted by molar-refractivity contribution is 9.10. The van der Waals surface area contributed by atoms with Gasteiger partial charge in [0.05, 0.1) is 6.04 Å². The second-order valence-electron chi connectivity index (χ2n) is 4.44. The molecule has 0 fully saturated rings. The number of amides is 1. The summed E-state index contributed by atoms with van der Waals surface area (Å²) in [7, 11) is 0. The van der Waals surface area contributed by atoms with Crippen LogP contribution in [-0.4, -0.2) is 10.5 Å². The van der Waals surface area contributed by atoms with Gasteiger partial charge in [-0.3, -0.25) is 4.79 Å². The highest BCUT2D eigenvalue weighted by atomic mass is 79.9. The first-order valence-corrected chi connectivity index (χ1v) is 7.12. The van der Waals surface area contributed by atoms with Crippen molar-refractivity contribution in [2.24, 2.45) is 0 Å². The van der Waals surface area contributed by atoms with Gasteiger partial charge >= 0.3 is 0 Å². The van der Waals surface area contributed by atoms with Crippen molar-refractivity contribution in [3.05, 3.63) is 58.3 Å². The molecule has 2 rings (SSSR count). The Morgan fingerprint density at radius 1 is 1.37 bits per heavy atom. The largest absolute Gasteiger partial charge is 0.344 e. The van der Waals surface area contributed by atoms with E-state index in [-0.39, 0.29) is 11.9 Å². The van der Waals surface area contributed by atoms with Crippen LogP contribution in [0, 0.1) is 0 Å². The van der Waals surface area contributed by atoms with Crippen molar-refractivity contribution in [2.45, 2.75) is 26.4 Å². The van der Waals surface area contributed by atoms with E-state index in [1.54, 1.807) is 0 Å². The fraction of sp³-hybridized carbons (Fsp3) is 0.267. The number of aryl methyl sites for hydroxylation is 1. The van der Waals surface area contributed by atoms with Gasteiger partial charge in [-0.2, -0.15) is 0 Å². The molecule has 0 aliphatic carbocycles. The summed E-state index contributed by atoms with van der Waals surface area (Å²) in [6.07, 6.45) is 1.92. The van der Waals surface area contributed by atoms with Crippen LogP contribution in [0.1, 0.15) is 35.9 Å². The maximum atomic E-state index is 12.3. The Labute approximate surface area is 121 Å². The second-order valence-corrected chi connectivity index (χ2v) is 5.35. The summed E-state index contributed by atoms with van der Waals surface area (Å²) in [6.45, 7) is 4.78. The average Bonchev–Trinajstić information content (AvgIpc) is 2.81. The minimum absolute atomic E-state index is 0.00678. The van der Waals surface area contributed by atoms with E-state index in [1.807, 2.05) is 61.0 Å². The van der Waals surface area contributed by atoms with Crippen LogP contribution >= 0.6 is 15.9 Å². The number of aromatic nitrogens is 1. The zero-order valence-electron chi connectivity index (χ0n) is 11.1. The van der Waals surface area contributed by atoms with Crippen molar-refractivity contribution in [1.82, 2.24) is 9.88 Å². The smallest absolute Gasteiger partial charge is 0.268 e. The SMILES string of the molecule is CCn1cc(Br)cc1C(=O)N[C@@H](C)c1ccccc1. The first-order chi connectivity index (χ1) is 9.11. The number of hydrogen-bond donors (Lipinski definition) is 1. The molecular weight excluding hydrogens is 304 g/mol. The molecule has 1 N–H and O–H groups in total. The maximum Gasteiger partial charge on any atom is 0.268 e. The molecular formula is C15H17BrN2O. The molecule has 1 heterocycles. The van der Waals surface area contributed by atoms with Gasteiger partial charge in [0, 0.05) is 17.2 Å². The van der Waals surface area contributed by atoms with Crippen LogP contribution in [0.25, 0.3) is 0 Å². The molecule has 0 saturated carbocycles.